The van der Waals surface area contributed by atoms with E-state index in [0.29, 0.717) is 6.04 Å². The highest BCUT2D eigenvalue weighted by Gasteiger charge is 2.22. The molecule has 3 nitrogen and oxygen atoms in total. The van der Waals surface area contributed by atoms with Crippen molar-refractivity contribution >= 4 is 11.6 Å². The van der Waals surface area contributed by atoms with E-state index in [2.05, 4.69) is 28.1 Å². The van der Waals surface area contributed by atoms with E-state index in [-0.39, 0.29) is 0 Å². The van der Waals surface area contributed by atoms with Gasteiger partial charge in [-0.05, 0) is 30.7 Å². The number of aryl methyl sites for hydroxylation is 1. The van der Waals surface area contributed by atoms with Crippen LogP contribution in [0.1, 0.15) is 39.3 Å². The summed E-state index contributed by atoms with van der Waals surface area (Å²) in [6, 6.07) is 8.51. The van der Waals surface area contributed by atoms with Gasteiger partial charge in [-0.15, -0.1) is 0 Å². The van der Waals surface area contributed by atoms with Crippen molar-refractivity contribution in [2.45, 2.75) is 40.7 Å². The largest absolute Gasteiger partial charge is 0.312 e. The van der Waals surface area contributed by atoms with Gasteiger partial charge in [0.2, 0.25) is 0 Å². The predicted octanol–water partition coefficient (Wildman–Crippen LogP) is 4.71. The number of hydrogen-bond acceptors (Lipinski definition) is 2. The molecule has 0 atom stereocenters. The lowest BCUT2D eigenvalue weighted by Gasteiger charge is -2.29. The molecule has 1 aliphatic heterocycles. The Morgan fingerprint density at radius 2 is 1.81 bits per heavy atom. The van der Waals surface area contributed by atoms with Gasteiger partial charge in [0.25, 0.3) is 0 Å². The number of nitrogens with zero attached hydrogens (tertiary/aromatic N) is 2. The van der Waals surface area contributed by atoms with Crippen LogP contribution < -0.4 is 5.32 Å². The molecule has 0 amide bonds. The molecule has 0 bridgehead atoms. The van der Waals surface area contributed by atoms with Gasteiger partial charge in [0, 0.05) is 29.9 Å². The first-order valence-electron chi connectivity index (χ1n) is 7.76. The van der Waals surface area contributed by atoms with Crippen LogP contribution in [0.15, 0.2) is 30.5 Å². The molecule has 0 aliphatic carbocycles. The van der Waals surface area contributed by atoms with Crippen molar-refractivity contribution in [3.05, 3.63) is 41.0 Å². The Balaban J connectivity index is 0.000000510. The Morgan fingerprint density at radius 1 is 1.14 bits per heavy atom. The van der Waals surface area contributed by atoms with Crippen LogP contribution in [0.25, 0.3) is 11.3 Å². The van der Waals surface area contributed by atoms with E-state index in [0.717, 1.165) is 23.8 Å². The van der Waals surface area contributed by atoms with Gasteiger partial charge in [-0.25, -0.2) is 0 Å². The third-order valence-electron chi connectivity index (χ3n) is 3.25. The lowest BCUT2D eigenvalue weighted by Crippen LogP contribution is -2.44. The lowest BCUT2D eigenvalue weighted by molar-refractivity contribution is 0.321. The fourth-order valence-electron chi connectivity index (χ4n) is 2.14. The first kappa shape index (κ1) is 17.7. The molecule has 2 heterocycles. The molecule has 4 heteroatoms. The second-order valence-electron chi connectivity index (χ2n) is 4.43. The summed E-state index contributed by atoms with van der Waals surface area (Å²) in [5.74, 6) is 0. The van der Waals surface area contributed by atoms with Crippen LogP contribution in [0.3, 0.4) is 0 Å². The molecule has 21 heavy (non-hydrogen) atoms. The second-order valence-corrected chi connectivity index (χ2v) is 4.87. The number of nitrogens with one attached hydrogen (secondary N) is 1. The van der Waals surface area contributed by atoms with Crippen LogP contribution in [0, 0.1) is 6.92 Å². The molecule has 1 fully saturated rings. The van der Waals surface area contributed by atoms with Gasteiger partial charge in [0.15, 0.2) is 0 Å². The lowest BCUT2D eigenvalue weighted by atomic mass is 10.0. The van der Waals surface area contributed by atoms with Crippen molar-refractivity contribution < 1.29 is 0 Å². The Morgan fingerprint density at radius 3 is 2.38 bits per heavy atom. The van der Waals surface area contributed by atoms with E-state index in [9.17, 15) is 0 Å². The molecule has 3 rings (SSSR count). The zero-order valence-corrected chi connectivity index (χ0v) is 14.4. The summed E-state index contributed by atoms with van der Waals surface area (Å²) in [5, 5.41) is 8.45. The van der Waals surface area contributed by atoms with E-state index >= 15 is 0 Å². The summed E-state index contributed by atoms with van der Waals surface area (Å²) in [5.41, 5.74) is 3.54. The normalized spacial score (nSPS) is 13.4. The quantitative estimate of drug-likeness (QED) is 0.871. The van der Waals surface area contributed by atoms with Crippen LogP contribution in [-0.4, -0.2) is 22.9 Å². The molecule has 1 saturated heterocycles. The number of rotatable bonds is 2. The van der Waals surface area contributed by atoms with Crippen molar-refractivity contribution in [3.8, 4) is 11.3 Å². The monoisotopic (exact) mass is 307 g/mol. The number of benzene rings is 1. The summed E-state index contributed by atoms with van der Waals surface area (Å²) in [4.78, 5) is 0. The maximum Gasteiger partial charge on any atom is 0.0774 e. The zero-order valence-electron chi connectivity index (χ0n) is 13.7. The number of aromatic nitrogens is 2. The predicted molar refractivity (Wildman–Crippen MR) is 92.0 cm³/mol. The summed E-state index contributed by atoms with van der Waals surface area (Å²) in [6.07, 6.45) is 1.86. The Hall–Kier alpha value is -1.32. The van der Waals surface area contributed by atoms with Gasteiger partial charge < -0.3 is 5.32 Å². The minimum absolute atomic E-state index is 0.471. The smallest absolute Gasteiger partial charge is 0.0774 e. The molecule has 2 aromatic rings. The maximum absolute atomic E-state index is 6.07. The second kappa shape index (κ2) is 8.85. The Kier molecular flexibility index (Phi) is 7.48. The average Bonchev–Trinajstić information content (AvgIpc) is 2.93. The zero-order chi connectivity index (χ0) is 15.8. The Labute approximate surface area is 133 Å². The highest BCUT2D eigenvalue weighted by atomic mass is 35.5. The van der Waals surface area contributed by atoms with Gasteiger partial charge in [-0.2, -0.15) is 5.10 Å². The fourth-order valence-corrected chi connectivity index (χ4v) is 2.31. The Bertz CT molecular complexity index is 545. The van der Waals surface area contributed by atoms with E-state index in [1.165, 1.54) is 11.1 Å². The van der Waals surface area contributed by atoms with Crippen LogP contribution in [-0.2, 0) is 0 Å². The minimum Gasteiger partial charge on any atom is -0.312 e. The molecule has 1 aromatic carbocycles. The van der Waals surface area contributed by atoms with Crippen molar-refractivity contribution in [1.29, 1.82) is 0 Å². The van der Waals surface area contributed by atoms with Crippen molar-refractivity contribution in [1.82, 2.24) is 15.1 Å². The van der Waals surface area contributed by atoms with Crippen LogP contribution in [0.2, 0.25) is 5.02 Å². The maximum atomic E-state index is 6.07. The van der Waals surface area contributed by atoms with Gasteiger partial charge in [0.05, 0.1) is 11.7 Å². The number of halogens is 1. The molecule has 1 aliphatic rings. The molecule has 0 unspecified atom stereocenters. The topological polar surface area (TPSA) is 29.9 Å². The summed E-state index contributed by atoms with van der Waals surface area (Å²) in [6.45, 7) is 12.1. The number of hydrogen-bond donors (Lipinski definition) is 1. The third kappa shape index (κ3) is 4.08. The average molecular weight is 308 g/mol. The van der Waals surface area contributed by atoms with Crippen molar-refractivity contribution in [3.63, 3.8) is 0 Å². The van der Waals surface area contributed by atoms with Crippen LogP contribution in [0.5, 0.6) is 0 Å². The van der Waals surface area contributed by atoms with Gasteiger partial charge in [0.1, 0.15) is 0 Å². The molecule has 0 spiro atoms. The van der Waals surface area contributed by atoms with Gasteiger partial charge in [-0.1, -0.05) is 45.4 Å². The first-order chi connectivity index (χ1) is 10.3. The molecule has 116 valence electrons. The summed E-state index contributed by atoms with van der Waals surface area (Å²) in [7, 11) is 0. The van der Waals surface area contributed by atoms with E-state index < -0.39 is 0 Å². The standard InChI is InChI=1S/C13H14ClN3.2C2H6/c1-9-2-3-10(14)6-12(9)13-4-5-16-17(13)11-7-15-8-11;2*1-2/h2-6,11,15H,7-8H2,1H3;2*1-2H3. The summed E-state index contributed by atoms with van der Waals surface area (Å²) < 4.78 is 2.09. The summed E-state index contributed by atoms with van der Waals surface area (Å²) >= 11 is 6.07. The van der Waals surface area contributed by atoms with Crippen LogP contribution in [0.4, 0.5) is 0 Å². The van der Waals surface area contributed by atoms with Crippen molar-refractivity contribution in [2.24, 2.45) is 0 Å². The molecule has 0 radical (unpaired) electrons. The SMILES string of the molecule is CC.CC.Cc1ccc(Cl)cc1-c1ccnn1C1CNC1. The van der Waals surface area contributed by atoms with E-state index in [1.807, 2.05) is 52.1 Å². The van der Waals surface area contributed by atoms with E-state index in [1.54, 1.807) is 0 Å². The van der Waals surface area contributed by atoms with E-state index in [4.69, 9.17) is 11.6 Å². The first-order valence-corrected chi connectivity index (χ1v) is 8.14. The van der Waals surface area contributed by atoms with Gasteiger partial charge in [-0.3, -0.25) is 4.68 Å². The highest BCUT2D eigenvalue weighted by Crippen LogP contribution is 2.28. The fraction of sp³-hybridized carbons (Fsp3) is 0.471. The van der Waals surface area contributed by atoms with Crippen LogP contribution >= 0.6 is 11.6 Å². The van der Waals surface area contributed by atoms with Crippen molar-refractivity contribution in [2.75, 3.05) is 13.1 Å². The molecule has 0 saturated carbocycles. The highest BCUT2D eigenvalue weighted by molar-refractivity contribution is 6.30. The van der Waals surface area contributed by atoms with Gasteiger partial charge >= 0.3 is 0 Å². The minimum atomic E-state index is 0.471. The molecular formula is C17H26ClN3. The third-order valence-corrected chi connectivity index (χ3v) is 3.49. The molecular weight excluding hydrogens is 282 g/mol. The molecule has 1 aromatic heterocycles. The molecule has 1 N–H and O–H groups in total.